The molecule has 0 rings (SSSR count). The van der Waals surface area contributed by atoms with Gasteiger partial charge in [-0.1, -0.05) is 0 Å². The summed E-state index contributed by atoms with van der Waals surface area (Å²) in [5, 5.41) is 0. The van der Waals surface area contributed by atoms with E-state index in [9.17, 15) is 22.0 Å². The van der Waals surface area contributed by atoms with Gasteiger partial charge in [-0.15, -0.1) is 13.2 Å². The normalized spacial score (nSPS) is 5.91. The van der Waals surface area contributed by atoms with Gasteiger partial charge >= 0.3 is 0 Å². The highest BCUT2D eigenvalue weighted by Crippen LogP contribution is 1.93. The Hall–Kier alpha value is -1.13. The minimum absolute atomic E-state index is 0.750. The molecule has 0 amide bonds. The van der Waals surface area contributed by atoms with Crippen molar-refractivity contribution in [2.24, 2.45) is 0 Å². The van der Waals surface area contributed by atoms with Crippen molar-refractivity contribution >= 4 is 0 Å². The van der Waals surface area contributed by atoms with Crippen molar-refractivity contribution in [1.82, 2.24) is 0 Å². The SMILES string of the molecule is C=C.C=C(F)F.FC=C(F)F. The lowest BCUT2D eigenvalue weighted by Gasteiger charge is -1.59. The van der Waals surface area contributed by atoms with Gasteiger partial charge in [0.2, 0.25) is 0 Å². The number of hydrogen-bond acceptors (Lipinski definition) is 0. The second-order valence-corrected chi connectivity index (χ2v) is 0.737. The summed E-state index contributed by atoms with van der Waals surface area (Å²) < 4.78 is 51.0. The molecular weight excluding hydrogens is 167 g/mol. The van der Waals surface area contributed by atoms with E-state index in [1.165, 1.54) is 0 Å². The monoisotopic (exact) mass is 174 g/mol. The van der Waals surface area contributed by atoms with E-state index in [1.807, 2.05) is 0 Å². The van der Waals surface area contributed by atoms with E-state index in [4.69, 9.17) is 0 Å². The zero-order valence-corrected chi connectivity index (χ0v) is 5.59. The maximum atomic E-state index is 10.2. The zero-order valence-electron chi connectivity index (χ0n) is 5.59. The van der Waals surface area contributed by atoms with E-state index in [0.717, 1.165) is 0 Å². The third-order valence-corrected chi connectivity index (χ3v) is 0.0825. The fourth-order valence-electron chi connectivity index (χ4n) is 0. The van der Waals surface area contributed by atoms with Crippen LogP contribution in [0.3, 0.4) is 0 Å². The molecule has 5 heteroatoms. The van der Waals surface area contributed by atoms with Gasteiger partial charge in [-0.05, 0) is 6.58 Å². The Labute approximate surface area is 61.3 Å². The molecule has 0 fully saturated rings. The number of hydrogen-bond donors (Lipinski definition) is 0. The summed E-state index contributed by atoms with van der Waals surface area (Å²) in [7, 11) is 0. The first kappa shape index (κ1) is 16.5. The van der Waals surface area contributed by atoms with Crippen LogP contribution in [-0.4, -0.2) is 0 Å². The molecule has 66 valence electrons. The lowest BCUT2D eigenvalue weighted by Crippen LogP contribution is -1.42. The highest BCUT2D eigenvalue weighted by atomic mass is 19.3. The van der Waals surface area contributed by atoms with Gasteiger partial charge in [0.05, 0.1) is 0 Å². The van der Waals surface area contributed by atoms with Crippen LogP contribution in [0.1, 0.15) is 0 Å². The predicted octanol–water partition coefficient (Wildman–Crippen LogP) is 3.89. The summed E-state index contributed by atoms with van der Waals surface area (Å²) in [5.41, 5.74) is 0. The molecule has 0 saturated heterocycles. The van der Waals surface area contributed by atoms with E-state index in [1.54, 1.807) is 0 Å². The second kappa shape index (κ2) is 15.9. The number of rotatable bonds is 0. The minimum atomic E-state index is -2.29. The molecule has 0 saturated carbocycles. The summed E-state index contributed by atoms with van der Waals surface area (Å²) >= 11 is 0. The van der Waals surface area contributed by atoms with Crippen LogP contribution in [0.4, 0.5) is 22.0 Å². The topological polar surface area (TPSA) is 0 Å². The van der Waals surface area contributed by atoms with E-state index in [0.29, 0.717) is 0 Å². The minimum Gasteiger partial charge on any atom is -0.210 e. The standard InChI is InChI=1S/C2HF3.C2H2F2.C2H4/c3-1-2(4)5;1-2(3)4;1-2/h1H;1H2;1-2H2. The van der Waals surface area contributed by atoms with Gasteiger partial charge in [0.25, 0.3) is 12.2 Å². The van der Waals surface area contributed by atoms with Crippen molar-refractivity contribution in [2.75, 3.05) is 0 Å². The smallest absolute Gasteiger partial charge is 0.210 e. The average molecular weight is 174 g/mol. The molecule has 0 radical (unpaired) electrons. The summed E-state index contributed by atoms with van der Waals surface area (Å²) in [4.78, 5) is 0. The fourth-order valence-corrected chi connectivity index (χ4v) is 0. The van der Waals surface area contributed by atoms with Gasteiger partial charge < -0.3 is 0 Å². The molecule has 0 aromatic rings. The molecule has 11 heavy (non-hydrogen) atoms. The summed E-state index contributed by atoms with van der Waals surface area (Å²) in [5.74, 6) is 0. The second-order valence-electron chi connectivity index (χ2n) is 0.737. The van der Waals surface area contributed by atoms with Crippen LogP contribution in [0.25, 0.3) is 0 Å². The molecule has 0 aliphatic rings. The summed E-state index contributed by atoms with van der Waals surface area (Å²) in [6.07, 6.45) is -4.87. The van der Waals surface area contributed by atoms with Crippen molar-refractivity contribution in [3.8, 4) is 0 Å². The van der Waals surface area contributed by atoms with Crippen molar-refractivity contribution in [3.63, 3.8) is 0 Å². The Morgan fingerprint density at radius 3 is 1.09 bits per heavy atom. The van der Waals surface area contributed by atoms with Gasteiger partial charge in [0, 0.05) is 0 Å². The van der Waals surface area contributed by atoms with Crippen LogP contribution < -0.4 is 0 Å². The molecule has 0 bridgehead atoms. The van der Waals surface area contributed by atoms with Crippen molar-refractivity contribution < 1.29 is 22.0 Å². The Bertz CT molecular complexity index is 110. The van der Waals surface area contributed by atoms with E-state index >= 15 is 0 Å². The van der Waals surface area contributed by atoms with Crippen molar-refractivity contribution in [3.05, 3.63) is 38.2 Å². The summed E-state index contributed by atoms with van der Waals surface area (Å²) in [6, 6.07) is 0. The Balaban J connectivity index is -0.0000000965. The quantitative estimate of drug-likeness (QED) is 0.386. The van der Waals surface area contributed by atoms with Crippen LogP contribution in [0, 0.1) is 0 Å². The molecule has 0 spiro atoms. The molecule has 0 unspecified atom stereocenters. The zero-order chi connectivity index (χ0) is 9.86. The predicted molar refractivity (Wildman–Crippen MR) is 34.0 cm³/mol. The first-order valence-electron chi connectivity index (χ1n) is 2.12. The maximum Gasteiger partial charge on any atom is 0.298 e. The average Bonchev–Trinajstić information content (AvgIpc) is 1.91. The first-order chi connectivity index (χ1) is 5.00. The van der Waals surface area contributed by atoms with E-state index < -0.39 is 18.5 Å². The maximum absolute atomic E-state index is 10.2. The van der Waals surface area contributed by atoms with E-state index in [-0.39, 0.29) is 0 Å². The molecule has 0 aromatic heterocycles. The van der Waals surface area contributed by atoms with Gasteiger partial charge in [0.1, 0.15) is 0 Å². The lowest BCUT2D eigenvalue weighted by molar-refractivity contribution is 0.400. The number of halogens is 5. The lowest BCUT2D eigenvalue weighted by atomic mass is 11.1. The van der Waals surface area contributed by atoms with Crippen LogP contribution in [0.15, 0.2) is 38.2 Å². The Morgan fingerprint density at radius 1 is 1.00 bits per heavy atom. The first-order valence-corrected chi connectivity index (χ1v) is 2.12. The Morgan fingerprint density at radius 2 is 1.09 bits per heavy atom. The third kappa shape index (κ3) is 553. The fraction of sp³-hybridized carbons (Fsp3) is 0. The van der Waals surface area contributed by atoms with Gasteiger partial charge in [-0.2, -0.15) is 17.6 Å². The van der Waals surface area contributed by atoms with Crippen LogP contribution in [0.5, 0.6) is 0 Å². The molecule has 0 N–H and O–H groups in total. The van der Waals surface area contributed by atoms with Gasteiger partial charge in [-0.3, -0.25) is 0 Å². The molecule has 0 heterocycles. The third-order valence-electron chi connectivity index (χ3n) is 0.0825. The van der Waals surface area contributed by atoms with Crippen LogP contribution in [-0.2, 0) is 0 Å². The summed E-state index contributed by atoms with van der Waals surface area (Å²) in [6.45, 7) is 8.22. The van der Waals surface area contributed by atoms with Crippen LogP contribution >= 0.6 is 0 Å². The largest absolute Gasteiger partial charge is 0.298 e. The molecule has 0 aromatic carbocycles. The van der Waals surface area contributed by atoms with E-state index in [2.05, 4.69) is 19.7 Å². The molecular formula is C6H7F5. The Kier molecular flexibility index (Phi) is 23.8. The molecule has 0 aliphatic heterocycles. The van der Waals surface area contributed by atoms with Crippen molar-refractivity contribution in [2.45, 2.75) is 0 Å². The van der Waals surface area contributed by atoms with Crippen molar-refractivity contribution in [1.29, 1.82) is 0 Å². The highest BCUT2D eigenvalue weighted by molar-refractivity contribution is 4.66. The molecule has 0 nitrogen and oxygen atoms in total. The van der Waals surface area contributed by atoms with Crippen LogP contribution in [0.2, 0.25) is 0 Å². The highest BCUT2D eigenvalue weighted by Gasteiger charge is 1.78. The van der Waals surface area contributed by atoms with Gasteiger partial charge in [-0.25, -0.2) is 4.39 Å². The molecule has 0 atom stereocenters. The molecule has 0 aliphatic carbocycles. The van der Waals surface area contributed by atoms with Gasteiger partial charge in [0.15, 0.2) is 6.33 Å².